The van der Waals surface area contributed by atoms with E-state index in [1.807, 2.05) is 6.92 Å². The van der Waals surface area contributed by atoms with E-state index in [-0.39, 0.29) is 17.3 Å². The van der Waals surface area contributed by atoms with E-state index in [1.54, 1.807) is 0 Å². The highest BCUT2D eigenvalue weighted by Crippen LogP contribution is 2.17. The highest BCUT2D eigenvalue weighted by Gasteiger charge is 2.16. The molecule has 0 aliphatic carbocycles. The molecule has 0 heterocycles. The van der Waals surface area contributed by atoms with Gasteiger partial charge in [-0.25, -0.2) is 8.78 Å². The minimum absolute atomic E-state index is 0.0932. The van der Waals surface area contributed by atoms with Crippen LogP contribution in [0.5, 0.6) is 0 Å². The molecule has 1 atom stereocenters. The Bertz CT molecular complexity index is 494. The van der Waals surface area contributed by atoms with Crippen LogP contribution >= 0.6 is 0 Å². The van der Waals surface area contributed by atoms with E-state index in [4.69, 9.17) is 12.2 Å². The number of rotatable bonds is 4. The van der Waals surface area contributed by atoms with Crippen molar-refractivity contribution in [1.82, 2.24) is 5.32 Å². The molecule has 0 saturated heterocycles. The molecule has 96 valence electrons. The molecule has 0 aliphatic heterocycles. The molecule has 0 aromatic heterocycles. The first-order valence-electron chi connectivity index (χ1n) is 5.48. The average molecular weight is 252 g/mol. The van der Waals surface area contributed by atoms with Crippen LogP contribution in [-0.2, 0) is 0 Å². The van der Waals surface area contributed by atoms with Gasteiger partial charge in [-0.15, -0.1) is 12.3 Å². The number of carbonyl (C=O) groups excluding carboxylic acids is 1. The quantitative estimate of drug-likeness (QED) is 0.636. The number of carbonyl (C=O) groups is 1. The zero-order valence-electron chi connectivity index (χ0n) is 9.97. The Morgan fingerprint density at radius 3 is 2.67 bits per heavy atom. The molecule has 0 fully saturated rings. The number of anilines is 1. The Kier molecular flexibility index (Phi) is 4.67. The van der Waals surface area contributed by atoms with Crippen LogP contribution in [0.2, 0.25) is 0 Å². The third kappa shape index (κ3) is 3.20. The molecule has 0 spiro atoms. The fourth-order valence-corrected chi connectivity index (χ4v) is 1.46. The maximum atomic E-state index is 13.0. The summed E-state index contributed by atoms with van der Waals surface area (Å²) in [4.78, 5) is 11.8. The van der Waals surface area contributed by atoms with Crippen LogP contribution < -0.4 is 11.1 Å². The number of amides is 1. The molecule has 1 rings (SSSR count). The van der Waals surface area contributed by atoms with Gasteiger partial charge in [0.25, 0.3) is 5.91 Å². The summed E-state index contributed by atoms with van der Waals surface area (Å²) in [7, 11) is 0. The first-order chi connectivity index (χ1) is 8.49. The molecule has 0 aliphatic rings. The molecular formula is C13H14F2N2O. The van der Waals surface area contributed by atoms with Gasteiger partial charge in [-0.2, -0.15) is 0 Å². The van der Waals surface area contributed by atoms with Crippen molar-refractivity contribution >= 4 is 11.6 Å². The van der Waals surface area contributed by atoms with Crippen LogP contribution in [0.15, 0.2) is 12.1 Å². The molecule has 3 N–H and O–H groups in total. The van der Waals surface area contributed by atoms with Crippen molar-refractivity contribution in [3.05, 3.63) is 29.3 Å². The molecule has 0 radical (unpaired) electrons. The van der Waals surface area contributed by atoms with Crippen molar-refractivity contribution in [2.24, 2.45) is 0 Å². The second kappa shape index (κ2) is 6.01. The van der Waals surface area contributed by atoms with E-state index in [1.165, 1.54) is 0 Å². The van der Waals surface area contributed by atoms with Crippen LogP contribution in [0.4, 0.5) is 14.5 Å². The molecule has 0 saturated carbocycles. The fourth-order valence-electron chi connectivity index (χ4n) is 1.46. The third-order valence-electron chi connectivity index (χ3n) is 2.53. The third-order valence-corrected chi connectivity index (χ3v) is 2.53. The molecule has 18 heavy (non-hydrogen) atoms. The standard InChI is InChI=1S/C13H14F2N2O/c1-3-5-8(4-2)17-13(18)9-6-10(14)11(15)7-12(9)16/h1,6-8H,4-5,16H2,2H3,(H,17,18). The van der Waals surface area contributed by atoms with E-state index in [0.29, 0.717) is 12.8 Å². The largest absolute Gasteiger partial charge is 0.398 e. The van der Waals surface area contributed by atoms with Crippen molar-refractivity contribution in [3.8, 4) is 12.3 Å². The second-order valence-electron chi connectivity index (χ2n) is 3.84. The molecule has 3 nitrogen and oxygen atoms in total. The number of terminal acetylenes is 1. The number of hydrogen-bond acceptors (Lipinski definition) is 2. The summed E-state index contributed by atoms with van der Waals surface area (Å²) in [6.07, 6.45) is 6.16. The fraction of sp³-hybridized carbons (Fsp3) is 0.308. The highest BCUT2D eigenvalue weighted by molar-refractivity contribution is 5.99. The lowest BCUT2D eigenvalue weighted by Crippen LogP contribution is -2.34. The van der Waals surface area contributed by atoms with Crippen LogP contribution in [0, 0.1) is 24.0 Å². The number of halogens is 2. The normalized spacial score (nSPS) is 11.7. The molecule has 1 aromatic rings. The van der Waals surface area contributed by atoms with Crippen LogP contribution in [0.1, 0.15) is 30.1 Å². The van der Waals surface area contributed by atoms with Crippen LogP contribution in [0.25, 0.3) is 0 Å². The van der Waals surface area contributed by atoms with Gasteiger partial charge >= 0.3 is 0 Å². The van der Waals surface area contributed by atoms with E-state index in [9.17, 15) is 13.6 Å². The molecule has 0 bridgehead atoms. The van der Waals surface area contributed by atoms with E-state index in [0.717, 1.165) is 12.1 Å². The van der Waals surface area contributed by atoms with Gasteiger partial charge in [0, 0.05) is 24.2 Å². The zero-order valence-corrected chi connectivity index (χ0v) is 9.97. The summed E-state index contributed by atoms with van der Waals surface area (Å²) in [6, 6.07) is 1.35. The summed E-state index contributed by atoms with van der Waals surface area (Å²) in [6.45, 7) is 1.86. The van der Waals surface area contributed by atoms with Gasteiger partial charge in [-0.3, -0.25) is 4.79 Å². The Balaban J connectivity index is 2.91. The molecule has 1 amide bonds. The summed E-state index contributed by atoms with van der Waals surface area (Å²) < 4.78 is 25.9. The maximum absolute atomic E-state index is 13.0. The van der Waals surface area contributed by atoms with Crippen molar-refractivity contribution in [3.63, 3.8) is 0 Å². The number of nitrogens with one attached hydrogen (secondary N) is 1. The predicted octanol–water partition coefficient (Wildman–Crippen LogP) is 2.08. The molecule has 5 heteroatoms. The smallest absolute Gasteiger partial charge is 0.253 e. The number of hydrogen-bond donors (Lipinski definition) is 2. The molecular weight excluding hydrogens is 238 g/mol. The number of nitrogen functional groups attached to an aromatic ring is 1. The van der Waals surface area contributed by atoms with E-state index >= 15 is 0 Å². The lowest BCUT2D eigenvalue weighted by Gasteiger charge is -2.15. The Hall–Kier alpha value is -2.09. The summed E-state index contributed by atoms with van der Waals surface area (Å²) in [5, 5.41) is 2.62. The van der Waals surface area contributed by atoms with Crippen LogP contribution in [-0.4, -0.2) is 11.9 Å². The van der Waals surface area contributed by atoms with Gasteiger partial charge in [-0.1, -0.05) is 6.92 Å². The summed E-state index contributed by atoms with van der Waals surface area (Å²) in [5.41, 5.74) is 5.27. The van der Waals surface area contributed by atoms with Crippen LogP contribution in [0.3, 0.4) is 0 Å². The van der Waals surface area contributed by atoms with Crippen molar-refractivity contribution in [1.29, 1.82) is 0 Å². The summed E-state index contributed by atoms with van der Waals surface area (Å²) in [5.74, 6) is -0.326. The Morgan fingerprint density at radius 2 is 2.11 bits per heavy atom. The van der Waals surface area contributed by atoms with Crippen molar-refractivity contribution in [2.45, 2.75) is 25.8 Å². The average Bonchev–Trinajstić information content (AvgIpc) is 2.33. The summed E-state index contributed by atoms with van der Waals surface area (Å²) >= 11 is 0. The first-order valence-corrected chi connectivity index (χ1v) is 5.48. The minimum Gasteiger partial charge on any atom is -0.398 e. The minimum atomic E-state index is -1.11. The maximum Gasteiger partial charge on any atom is 0.253 e. The van der Waals surface area contributed by atoms with Gasteiger partial charge in [0.1, 0.15) is 0 Å². The predicted molar refractivity (Wildman–Crippen MR) is 65.8 cm³/mol. The topological polar surface area (TPSA) is 55.1 Å². The lowest BCUT2D eigenvalue weighted by molar-refractivity contribution is 0.0937. The number of benzene rings is 1. The molecule has 1 aromatic carbocycles. The van der Waals surface area contributed by atoms with Gasteiger partial charge in [0.15, 0.2) is 11.6 Å². The van der Waals surface area contributed by atoms with Gasteiger partial charge in [0.05, 0.1) is 5.56 Å². The SMILES string of the molecule is C#CCC(CC)NC(=O)c1cc(F)c(F)cc1N. The highest BCUT2D eigenvalue weighted by atomic mass is 19.2. The lowest BCUT2D eigenvalue weighted by atomic mass is 10.1. The van der Waals surface area contributed by atoms with Crippen molar-refractivity contribution < 1.29 is 13.6 Å². The Labute approximate surface area is 104 Å². The van der Waals surface area contributed by atoms with E-state index in [2.05, 4.69) is 11.2 Å². The first kappa shape index (κ1) is 14.0. The van der Waals surface area contributed by atoms with E-state index < -0.39 is 17.5 Å². The zero-order chi connectivity index (χ0) is 13.7. The van der Waals surface area contributed by atoms with Gasteiger partial charge < -0.3 is 11.1 Å². The van der Waals surface area contributed by atoms with Gasteiger partial charge in [0.2, 0.25) is 0 Å². The Morgan fingerprint density at radius 1 is 1.50 bits per heavy atom. The number of nitrogens with two attached hydrogens (primary N) is 1. The monoisotopic (exact) mass is 252 g/mol. The molecule has 1 unspecified atom stereocenters. The van der Waals surface area contributed by atoms with Gasteiger partial charge in [-0.05, 0) is 12.5 Å². The second-order valence-corrected chi connectivity index (χ2v) is 3.84. The van der Waals surface area contributed by atoms with Crippen molar-refractivity contribution in [2.75, 3.05) is 5.73 Å².